The fourth-order valence-corrected chi connectivity index (χ4v) is 4.05. The molecule has 0 heterocycles. The molecule has 0 amide bonds. The van der Waals surface area contributed by atoms with Crippen molar-refractivity contribution in [2.24, 2.45) is 5.92 Å². The van der Waals surface area contributed by atoms with Crippen LogP contribution in [0, 0.1) is 5.92 Å². The van der Waals surface area contributed by atoms with E-state index >= 15 is 0 Å². The molecule has 2 N–H and O–H groups in total. The molecule has 0 unspecified atom stereocenters. The highest BCUT2D eigenvalue weighted by Crippen LogP contribution is 2.29. The molecule has 3 aromatic rings. The lowest BCUT2D eigenvalue weighted by atomic mass is 9.96. The van der Waals surface area contributed by atoms with Crippen molar-refractivity contribution < 1.29 is 15.0 Å². The van der Waals surface area contributed by atoms with Crippen LogP contribution in [0.15, 0.2) is 83.8 Å². The lowest BCUT2D eigenvalue weighted by molar-refractivity contribution is -0.142. The molecule has 0 aromatic heterocycles. The Morgan fingerprint density at radius 2 is 1.46 bits per heavy atom. The van der Waals surface area contributed by atoms with Crippen LogP contribution in [-0.2, 0) is 4.79 Å². The molecule has 0 saturated carbocycles. The molecule has 3 nitrogen and oxygen atoms in total. The summed E-state index contributed by atoms with van der Waals surface area (Å²) in [6.07, 6.45) is -0.646. The van der Waals surface area contributed by atoms with Crippen LogP contribution in [0.5, 0.6) is 0 Å². The summed E-state index contributed by atoms with van der Waals surface area (Å²) in [6, 6.07) is 24.8. The Labute approximate surface area is 174 Å². The van der Waals surface area contributed by atoms with E-state index in [2.05, 4.69) is 0 Å². The molecule has 144 valence electrons. The Kier molecular flexibility index (Phi) is 7.15. The van der Waals surface area contributed by atoms with Crippen molar-refractivity contribution in [1.82, 2.24) is 0 Å². The molecular formula is C23H21ClO3S. The van der Waals surface area contributed by atoms with Crippen molar-refractivity contribution in [3.63, 3.8) is 0 Å². The van der Waals surface area contributed by atoms with Crippen LogP contribution in [0.2, 0.25) is 5.02 Å². The molecule has 0 spiro atoms. The average Bonchev–Trinajstić information content (AvgIpc) is 2.72. The lowest BCUT2D eigenvalue weighted by Gasteiger charge is -2.17. The van der Waals surface area contributed by atoms with Crippen molar-refractivity contribution in [2.75, 3.05) is 5.75 Å². The number of halogens is 1. The molecular weight excluding hydrogens is 392 g/mol. The molecule has 0 aliphatic heterocycles. The second-order valence-corrected chi connectivity index (χ2v) is 8.07. The van der Waals surface area contributed by atoms with E-state index in [0.717, 1.165) is 16.0 Å². The summed E-state index contributed by atoms with van der Waals surface area (Å²) in [4.78, 5) is 12.6. The number of rotatable bonds is 8. The van der Waals surface area contributed by atoms with Crippen molar-refractivity contribution in [3.05, 3.63) is 89.4 Å². The van der Waals surface area contributed by atoms with Gasteiger partial charge in [-0.05, 0) is 47.4 Å². The summed E-state index contributed by atoms with van der Waals surface area (Å²) in [5.41, 5.74) is 2.77. The summed E-state index contributed by atoms with van der Waals surface area (Å²) < 4.78 is 0. The Hall–Kier alpha value is -2.27. The van der Waals surface area contributed by atoms with Gasteiger partial charge in [-0.2, -0.15) is 0 Å². The van der Waals surface area contributed by atoms with Gasteiger partial charge in [0.2, 0.25) is 0 Å². The first-order chi connectivity index (χ1) is 13.5. The fourth-order valence-electron chi connectivity index (χ4n) is 2.90. The molecule has 3 aromatic carbocycles. The summed E-state index contributed by atoms with van der Waals surface area (Å²) in [5.74, 6) is -1.10. The highest BCUT2D eigenvalue weighted by Gasteiger charge is 2.22. The average molecular weight is 413 g/mol. The number of hydrogen-bond acceptors (Lipinski definition) is 3. The zero-order valence-corrected chi connectivity index (χ0v) is 16.7. The Morgan fingerprint density at radius 1 is 0.893 bits per heavy atom. The maximum absolute atomic E-state index is 11.6. The molecule has 2 atom stereocenters. The minimum atomic E-state index is -0.889. The number of hydrogen-bond donors (Lipinski definition) is 2. The molecule has 0 radical (unpaired) electrons. The van der Waals surface area contributed by atoms with E-state index in [1.165, 1.54) is 11.8 Å². The first kappa shape index (κ1) is 20.5. The maximum atomic E-state index is 11.6. The summed E-state index contributed by atoms with van der Waals surface area (Å²) in [6.45, 7) is 0. The second kappa shape index (κ2) is 9.78. The fraction of sp³-hybridized carbons (Fsp3) is 0.174. The van der Waals surface area contributed by atoms with E-state index in [1.807, 2.05) is 78.9 Å². The third-order valence-electron chi connectivity index (χ3n) is 4.52. The zero-order chi connectivity index (χ0) is 19.9. The topological polar surface area (TPSA) is 57.5 Å². The maximum Gasteiger partial charge on any atom is 0.307 e. The van der Waals surface area contributed by atoms with Gasteiger partial charge < -0.3 is 10.2 Å². The van der Waals surface area contributed by atoms with Crippen molar-refractivity contribution in [2.45, 2.75) is 17.4 Å². The molecule has 0 saturated heterocycles. The van der Waals surface area contributed by atoms with E-state index in [-0.39, 0.29) is 6.42 Å². The van der Waals surface area contributed by atoms with Gasteiger partial charge in [-0.15, -0.1) is 11.8 Å². The first-order valence-corrected chi connectivity index (χ1v) is 10.3. The number of benzene rings is 3. The van der Waals surface area contributed by atoms with E-state index in [4.69, 9.17) is 11.6 Å². The number of thioether (sulfide) groups is 1. The Morgan fingerprint density at radius 3 is 2.04 bits per heavy atom. The zero-order valence-electron chi connectivity index (χ0n) is 15.2. The number of aliphatic hydroxyl groups is 1. The quantitative estimate of drug-likeness (QED) is 0.450. The molecule has 0 aliphatic carbocycles. The largest absolute Gasteiger partial charge is 0.481 e. The van der Waals surface area contributed by atoms with Gasteiger partial charge in [-0.3, -0.25) is 4.79 Å². The van der Waals surface area contributed by atoms with Crippen LogP contribution in [0.1, 0.15) is 18.1 Å². The van der Waals surface area contributed by atoms with Gasteiger partial charge in [0.15, 0.2) is 0 Å². The van der Waals surface area contributed by atoms with Crippen molar-refractivity contribution in [1.29, 1.82) is 0 Å². The highest BCUT2D eigenvalue weighted by atomic mass is 35.5. The summed E-state index contributed by atoms with van der Waals surface area (Å²) >= 11 is 7.41. The Balaban J connectivity index is 1.63. The summed E-state index contributed by atoms with van der Waals surface area (Å²) in [5, 5.41) is 20.8. The molecule has 0 bridgehead atoms. The van der Waals surface area contributed by atoms with E-state index < -0.39 is 18.0 Å². The van der Waals surface area contributed by atoms with Gasteiger partial charge in [-0.25, -0.2) is 0 Å². The van der Waals surface area contributed by atoms with Gasteiger partial charge in [-0.1, -0.05) is 66.2 Å². The predicted octanol–water partition coefficient (Wildman–Crippen LogP) is 5.92. The minimum Gasteiger partial charge on any atom is -0.481 e. The van der Waals surface area contributed by atoms with E-state index in [0.29, 0.717) is 16.3 Å². The van der Waals surface area contributed by atoms with Gasteiger partial charge in [0, 0.05) is 15.7 Å². The Bertz CT molecular complexity index is 895. The van der Waals surface area contributed by atoms with Crippen LogP contribution >= 0.6 is 23.4 Å². The minimum absolute atomic E-state index is 0.176. The van der Waals surface area contributed by atoms with Crippen LogP contribution in [-0.4, -0.2) is 21.9 Å². The highest BCUT2D eigenvalue weighted by molar-refractivity contribution is 7.99. The number of carboxylic acids is 1. The molecule has 0 fully saturated rings. The first-order valence-electron chi connectivity index (χ1n) is 8.97. The van der Waals surface area contributed by atoms with Crippen molar-refractivity contribution >= 4 is 29.3 Å². The predicted molar refractivity (Wildman–Crippen MR) is 115 cm³/mol. The summed E-state index contributed by atoms with van der Waals surface area (Å²) in [7, 11) is 0. The number of carbonyl (C=O) groups is 1. The van der Waals surface area contributed by atoms with Crippen LogP contribution in [0.4, 0.5) is 0 Å². The lowest BCUT2D eigenvalue weighted by Crippen LogP contribution is -2.19. The molecule has 0 aliphatic rings. The van der Waals surface area contributed by atoms with Gasteiger partial charge in [0.25, 0.3) is 0 Å². The monoisotopic (exact) mass is 412 g/mol. The van der Waals surface area contributed by atoms with Crippen molar-refractivity contribution in [3.8, 4) is 11.1 Å². The van der Waals surface area contributed by atoms with E-state index in [9.17, 15) is 15.0 Å². The standard InChI is InChI=1S/C23H21ClO3S/c24-20-12-10-17(11-13-20)16-6-8-18(9-7-16)22(25)14-19(23(26)27)15-28-21-4-2-1-3-5-21/h1-13,19,22,25H,14-15H2,(H,26,27)/t19-,22+/m1/s1. The molecule has 28 heavy (non-hydrogen) atoms. The molecule has 3 rings (SSSR count). The molecule has 5 heteroatoms. The van der Waals surface area contributed by atoms with Crippen LogP contribution in [0.25, 0.3) is 11.1 Å². The number of aliphatic hydroxyl groups excluding tert-OH is 1. The van der Waals surface area contributed by atoms with E-state index in [1.54, 1.807) is 0 Å². The number of aliphatic carboxylic acids is 1. The van der Waals surface area contributed by atoms with Crippen LogP contribution in [0.3, 0.4) is 0 Å². The van der Waals surface area contributed by atoms with Gasteiger partial charge >= 0.3 is 5.97 Å². The smallest absolute Gasteiger partial charge is 0.307 e. The SMILES string of the molecule is O=C(O)[C@@H](CSc1ccccc1)C[C@H](O)c1ccc(-c2ccc(Cl)cc2)cc1. The third-order valence-corrected chi connectivity index (χ3v) is 5.95. The van der Waals surface area contributed by atoms with Gasteiger partial charge in [0.05, 0.1) is 12.0 Å². The third kappa shape index (κ3) is 5.61. The number of carboxylic acid groups (broad SMARTS) is 1. The van der Waals surface area contributed by atoms with Crippen LogP contribution < -0.4 is 0 Å². The van der Waals surface area contributed by atoms with Gasteiger partial charge in [0.1, 0.15) is 0 Å². The normalized spacial score (nSPS) is 13.1. The second-order valence-electron chi connectivity index (χ2n) is 6.54.